The van der Waals surface area contributed by atoms with Gasteiger partial charge in [-0.05, 0) is 43.4 Å². The number of ether oxygens (including phenoxy) is 1. The summed E-state index contributed by atoms with van der Waals surface area (Å²) in [5.74, 6) is 0.944. The highest BCUT2D eigenvalue weighted by Gasteiger charge is 2.28. The number of fused-ring (bicyclic) bond motifs is 1. The molecule has 0 N–H and O–H groups in total. The molecule has 0 bridgehead atoms. The molecule has 0 radical (unpaired) electrons. The fourth-order valence-corrected chi connectivity index (χ4v) is 4.14. The molecule has 0 unspecified atom stereocenters. The Morgan fingerprint density at radius 2 is 1.94 bits per heavy atom. The van der Waals surface area contributed by atoms with Gasteiger partial charge in [0.2, 0.25) is 0 Å². The number of hydrogen-bond acceptors (Lipinski definition) is 4. The fourth-order valence-electron chi connectivity index (χ4n) is 3.93. The molecule has 0 spiro atoms. The first kappa shape index (κ1) is 25.0. The van der Waals surface area contributed by atoms with E-state index in [0.29, 0.717) is 52.7 Å². The SMILES string of the molecule is CCc1nc2c(c(OC(C)C)c(C(=O)CCC(C)(C)C)n2C)c(=O)n1Cc1cccc(Cl)c1. The van der Waals surface area contributed by atoms with Gasteiger partial charge in [0.05, 0.1) is 12.6 Å². The second-order valence-electron chi connectivity index (χ2n) is 9.99. The Hall–Kier alpha value is -2.60. The molecule has 178 valence electrons. The predicted octanol–water partition coefficient (Wildman–Crippen LogP) is 5.80. The number of nitrogens with zero attached hydrogens (tertiary/aromatic N) is 3. The van der Waals surface area contributed by atoms with E-state index in [0.717, 1.165) is 12.0 Å². The second kappa shape index (κ2) is 9.72. The summed E-state index contributed by atoms with van der Waals surface area (Å²) in [6, 6.07) is 7.44. The number of ketones is 1. The highest BCUT2D eigenvalue weighted by molar-refractivity contribution is 6.30. The van der Waals surface area contributed by atoms with Crippen molar-refractivity contribution in [3.8, 4) is 5.75 Å². The Kier molecular flexibility index (Phi) is 7.37. The van der Waals surface area contributed by atoms with Crippen LogP contribution in [-0.2, 0) is 20.0 Å². The molecule has 6 nitrogen and oxygen atoms in total. The molecule has 0 saturated heterocycles. The van der Waals surface area contributed by atoms with Gasteiger partial charge in [-0.2, -0.15) is 0 Å². The maximum atomic E-state index is 13.8. The molecule has 3 rings (SSSR count). The number of rotatable bonds is 8. The lowest BCUT2D eigenvalue weighted by Crippen LogP contribution is -2.26. The Morgan fingerprint density at radius 3 is 2.52 bits per heavy atom. The predicted molar refractivity (Wildman–Crippen MR) is 134 cm³/mol. The minimum Gasteiger partial charge on any atom is -0.488 e. The summed E-state index contributed by atoms with van der Waals surface area (Å²) in [4.78, 5) is 31.9. The molecule has 0 fully saturated rings. The highest BCUT2D eigenvalue weighted by Crippen LogP contribution is 2.33. The first-order chi connectivity index (χ1) is 15.4. The van der Waals surface area contributed by atoms with E-state index in [2.05, 4.69) is 20.8 Å². The van der Waals surface area contributed by atoms with Crippen molar-refractivity contribution in [2.24, 2.45) is 12.5 Å². The molecule has 2 heterocycles. The number of aryl methyl sites for hydroxylation is 2. The van der Waals surface area contributed by atoms with Crippen molar-refractivity contribution in [3.63, 3.8) is 0 Å². The number of benzene rings is 1. The third-order valence-corrected chi connectivity index (χ3v) is 5.83. The van der Waals surface area contributed by atoms with E-state index in [4.69, 9.17) is 21.3 Å². The van der Waals surface area contributed by atoms with Crippen LogP contribution in [0.3, 0.4) is 0 Å². The van der Waals surface area contributed by atoms with Crippen molar-refractivity contribution in [1.82, 2.24) is 14.1 Å². The zero-order valence-corrected chi connectivity index (χ0v) is 21.4. The first-order valence-electron chi connectivity index (χ1n) is 11.5. The Morgan fingerprint density at radius 1 is 1.24 bits per heavy atom. The van der Waals surface area contributed by atoms with Gasteiger partial charge in [-0.1, -0.05) is 51.4 Å². The third-order valence-electron chi connectivity index (χ3n) is 5.59. The Bertz CT molecular complexity index is 1230. The first-order valence-corrected chi connectivity index (χ1v) is 11.9. The van der Waals surface area contributed by atoms with Gasteiger partial charge in [-0.25, -0.2) is 4.98 Å². The zero-order chi connectivity index (χ0) is 24.5. The molecular formula is C26H34ClN3O3. The van der Waals surface area contributed by atoms with Crippen LogP contribution in [-0.4, -0.2) is 26.0 Å². The number of aromatic nitrogens is 3. The lowest BCUT2D eigenvalue weighted by Gasteiger charge is -2.18. The third kappa shape index (κ3) is 5.49. The molecule has 0 aliphatic heterocycles. The molecule has 1 aromatic carbocycles. The lowest BCUT2D eigenvalue weighted by atomic mass is 9.89. The fraction of sp³-hybridized carbons (Fsp3) is 0.500. The highest BCUT2D eigenvalue weighted by atomic mass is 35.5. The molecule has 0 saturated carbocycles. The van der Waals surface area contributed by atoms with Gasteiger partial charge in [-0.3, -0.25) is 14.2 Å². The lowest BCUT2D eigenvalue weighted by molar-refractivity contribution is 0.0952. The van der Waals surface area contributed by atoms with Crippen LogP contribution in [0.25, 0.3) is 11.0 Å². The van der Waals surface area contributed by atoms with E-state index < -0.39 is 0 Å². The number of halogens is 1. The molecular weight excluding hydrogens is 438 g/mol. The standard InChI is InChI=1S/C26H34ClN3O3/c1-8-20-28-24-21(25(32)30(20)15-17-10-9-11-18(27)14-17)23(33-16(2)3)22(29(24)7)19(31)12-13-26(4,5)6/h9-11,14,16H,8,12-13,15H2,1-7H3. The normalized spacial score (nSPS) is 12.0. The van der Waals surface area contributed by atoms with Crippen LogP contribution in [0.1, 0.15) is 76.3 Å². The van der Waals surface area contributed by atoms with Crippen molar-refractivity contribution in [3.05, 3.63) is 56.7 Å². The van der Waals surface area contributed by atoms with E-state index in [1.165, 1.54) is 0 Å². The quantitative estimate of drug-likeness (QED) is 0.389. The molecule has 2 aromatic heterocycles. The van der Waals surface area contributed by atoms with E-state index in [1.807, 2.05) is 39.0 Å². The molecule has 0 aliphatic carbocycles. The summed E-state index contributed by atoms with van der Waals surface area (Å²) in [7, 11) is 1.78. The van der Waals surface area contributed by atoms with Crippen LogP contribution < -0.4 is 10.3 Å². The van der Waals surface area contributed by atoms with Crippen LogP contribution in [0.5, 0.6) is 5.75 Å². The maximum Gasteiger partial charge on any atom is 0.267 e. The molecule has 0 atom stereocenters. The van der Waals surface area contributed by atoms with Crippen LogP contribution >= 0.6 is 11.6 Å². The maximum absolute atomic E-state index is 13.8. The van der Waals surface area contributed by atoms with E-state index in [-0.39, 0.29) is 22.9 Å². The van der Waals surface area contributed by atoms with Gasteiger partial charge in [0.15, 0.2) is 17.2 Å². The van der Waals surface area contributed by atoms with Crippen molar-refractivity contribution in [2.75, 3.05) is 0 Å². The summed E-state index contributed by atoms with van der Waals surface area (Å²) in [6.45, 7) is 12.4. The Labute approximate surface area is 200 Å². The summed E-state index contributed by atoms with van der Waals surface area (Å²) in [5.41, 5.74) is 1.61. The summed E-state index contributed by atoms with van der Waals surface area (Å²) < 4.78 is 9.48. The van der Waals surface area contributed by atoms with E-state index >= 15 is 0 Å². The molecule has 33 heavy (non-hydrogen) atoms. The summed E-state index contributed by atoms with van der Waals surface area (Å²) in [6.07, 6.45) is 1.49. The largest absolute Gasteiger partial charge is 0.488 e. The van der Waals surface area contributed by atoms with Crippen LogP contribution in [0, 0.1) is 5.41 Å². The van der Waals surface area contributed by atoms with Gasteiger partial charge in [-0.15, -0.1) is 0 Å². The molecule has 3 aromatic rings. The molecule has 0 aliphatic rings. The number of carbonyl (C=O) groups excluding carboxylic acids is 1. The summed E-state index contributed by atoms with van der Waals surface area (Å²) in [5, 5.41) is 0.965. The molecule has 0 amide bonds. The van der Waals surface area contributed by atoms with Gasteiger partial charge in [0.1, 0.15) is 16.9 Å². The van der Waals surface area contributed by atoms with Gasteiger partial charge in [0.25, 0.3) is 5.56 Å². The van der Waals surface area contributed by atoms with Crippen LogP contribution in [0.4, 0.5) is 0 Å². The average Bonchev–Trinajstić information content (AvgIpc) is 2.98. The second-order valence-corrected chi connectivity index (χ2v) is 10.4. The number of hydrogen-bond donors (Lipinski definition) is 0. The van der Waals surface area contributed by atoms with Gasteiger partial charge < -0.3 is 9.30 Å². The van der Waals surface area contributed by atoms with E-state index in [1.54, 1.807) is 22.2 Å². The zero-order valence-electron chi connectivity index (χ0n) is 20.7. The summed E-state index contributed by atoms with van der Waals surface area (Å²) >= 11 is 6.16. The van der Waals surface area contributed by atoms with Gasteiger partial charge in [0, 0.05) is 24.9 Å². The van der Waals surface area contributed by atoms with Crippen LogP contribution in [0.2, 0.25) is 5.02 Å². The minimum absolute atomic E-state index is 0.0244. The van der Waals surface area contributed by atoms with Crippen molar-refractivity contribution >= 4 is 28.4 Å². The van der Waals surface area contributed by atoms with Crippen LogP contribution in [0.15, 0.2) is 29.1 Å². The monoisotopic (exact) mass is 471 g/mol. The van der Waals surface area contributed by atoms with Crippen molar-refractivity contribution in [1.29, 1.82) is 0 Å². The Balaban J connectivity index is 2.23. The number of Topliss-reactive ketones (excluding diaryl/α,β-unsaturated/α-hetero) is 1. The minimum atomic E-state index is -0.210. The van der Waals surface area contributed by atoms with Crippen molar-refractivity contribution < 1.29 is 9.53 Å². The van der Waals surface area contributed by atoms with Gasteiger partial charge >= 0.3 is 0 Å². The van der Waals surface area contributed by atoms with E-state index in [9.17, 15) is 9.59 Å². The average molecular weight is 472 g/mol. The smallest absolute Gasteiger partial charge is 0.267 e. The topological polar surface area (TPSA) is 66.1 Å². The molecule has 7 heteroatoms. The van der Waals surface area contributed by atoms with Crippen molar-refractivity contribution in [2.45, 2.75) is 73.5 Å². The number of carbonyl (C=O) groups is 1.